The Morgan fingerprint density at radius 2 is 1.53 bits per heavy atom. The molecule has 0 saturated carbocycles. The lowest BCUT2D eigenvalue weighted by Crippen LogP contribution is -2.44. The van der Waals surface area contributed by atoms with Crippen molar-refractivity contribution in [1.29, 1.82) is 0 Å². The van der Waals surface area contributed by atoms with Crippen LogP contribution in [0.2, 0.25) is 0 Å². The van der Waals surface area contributed by atoms with Gasteiger partial charge in [0.1, 0.15) is 5.82 Å². The Balaban J connectivity index is 2.01. The van der Waals surface area contributed by atoms with Gasteiger partial charge >= 0.3 is 0 Å². The van der Waals surface area contributed by atoms with E-state index in [2.05, 4.69) is 4.98 Å². The molecule has 0 N–H and O–H groups in total. The molecule has 0 saturated heterocycles. The van der Waals surface area contributed by atoms with Gasteiger partial charge in [-0.15, -0.1) is 0 Å². The van der Waals surface area contributed by atoms with Crippen molar-refractivity contribution in [3.8, 4) is 0 Å². The zero-order chi connectivity index (χ0) is 13.4. The number of anilines is 1. The average molecular weight is 253 g/mol. The first-order valence-electron chi connectivity index (χ1n) is 5.82. The number of hydrogen-bond acceptors (Lipinski definition) is 4. The van der Waals surface area contributed by atoms with Gasteiger partial charge in [-0.05, 0) is 24.3 Å². The lowest BCUT2D eigenvalue weighted by atomic mass is 10.1. The van der Waals surface area contributed by atoms with E-state index in [1.807, 2.05) is 0 Å². The smallest absolute Gasteiger partial charge is 0.267 e. The van der Waals surface area contributed by atoms with Crippen molar-refractivity contribution in [2.75, 3.05) is 12.1 Å². The molecule has 0 spiro atoms. The lowest BCUT2D eigenvalue weighted by Gasteiger charge is -2.26. The minimum Gasteiger partial charge on any atom is -0.267 e. The highest BCUT2D eigenvalue weighted by Gasteiger charge is 2.38. The molecule has 2 amide bonds. The summed E-state index contributed by atoms with van der Waals surface area (Å²) in [5.41, 5.74) is 0.852. The van der Waals surface area contributed by atoms with Crippen LogP contribution in [0.5, 0.6) is 0 Å². The molecule has 1 aromatic carbocycles. The van der Waals surface area contributed by atoms with Crippen molar-refractivity contribution in [3.63, 3.8) is 0 Å². The van der Waals surface area contributed by atoms with Crippen LogP contribution in [0.1, 0.15) is 20.7 Å². The molecular weight excluding hydrogens is 242 g/mol. The molecule has 0 fully saturated rings. The van der Waals surface area contributed by atoms with E-state index < -0.39 is 0 Å². The summed E-state index contributed by atoms with van der Waals surface area (Å²) in [5.74, 6) is -0.112. The number of hydrazine groups is 1. The molecular formula is C14H11N3O2. The maximum Gasteiger partial charge on any atom is 0.280 e. The zero-order valence-corrected chi connectivity index (χ0v) is 10.3. The van der Waals surface area contributed by atoms with Crippen LogP contribution in [0.15, 0.2) is 48.7 Å². The summed E-state index contributed by atoms with van der Waals surface area (Å²) in [6.07, 6.45) is 1.62. The third-order valence-corrected chi connectivity index (χ3v) is 3.05. The van der Waals surface area contributed by atoms with Crippen LogP contribution in [-0.4, -0.2) is 28.9 Å². The number of amides is 2. The van der Waals surface area contributed by atoms with Crippen molar-refractivity contribution < 1.29 is 9.59 Å². The molecule has 0 atom stereocenters. The van der Waals surface area contributed by atoms with E-state index in [9.17, 15) is 9.59 Å². The van der Waals surface area contributed by atoms with Crippen LogP contribution in [0.25, 0.3) is 0 Å². The average Bonchev–Trinajstić information content (AvgIpc) is 2.72. The van der Waals surface area contributed by atoms with E-state index >= 15 is 0 Å². The van der Waals surface area contributed by atoms with E-state index in [0.29, 0.717) is 16.9 Å². The Labute approximate surface area is 110 Å². The molecule has 0 bridgehead atoms. The number of pyridine rings is 1. The number of carbonyl (C=O) groups is 2. The summed E-state index contributed by atoms with van der Waals surface area (Å²) in [6, 6.07) is 12.1. The van der Waals surface area contributed by atoms with Crippen LogP contribution >= 0.6 is 0 Å². The van der Waals surface area contributed by atoms with Gasteiger partial charge in [-0.1, -0.05) is 18.2 Å². The third kappa shape index (κ3) is 1.67. The number of aromatic nitrogens is 1. The first-order valence-corrected chi connectivity index (χ1v) is 5.82. The quantitative estimate of drug-likeness (QED) is 0.765. The van der Waals surface area contributed by atoms with Gasteiger partial charge in [0, 0.05) is 13.2 Å². The van der Waals surface area contributed by atoms with Gasteiger partial charge in [-0.25, -0.2) is 4.98 Å². The fraction of sp³-hybridized carbons (Fsp3) is 0.0714. The van der Waals surface area contributed by atoms with E-state index in [0.717, 1.165) is 5.01 Å². The topological polar surface area (TPSA) is 53.5 Å². The molecule has 94 valence electrons. The second-order valence-corrected chi connectivity index (χ2v) is 4.18. The molecule has 5 heteroatoms. The zero-order valence-electron chi connectivity index (χ0n) is 10.3. The Kier molecular flexibility index (Phi) is 2.52. The van der Waals surface area contributed by atoms with Gasteiger partial charge < -0.3 is 0 Å². The Hall–Kier alpha value is -2.69. The van der Waals surface area contributed by atoms with Gasteiger partial charge in [0.2, 0.25) is 0 Å². The maximum absolute atomic E-state index is 12.3. The molecule has 0 unspecified atom stereocenters. The van der Waals surface area contributed by atoms with Crippen molar-refractivity contribution in [3.05, 3.63) is 59.8 Å². The molecule has 0 aliphatic carbocycles. The Morgan fingerprint density at radius 1 is 0.947 bits per heavy atom. The standard InChI is InChI=1S/C14H11N3O2/c1-16(12-8-4-5-9-15-12)17-13(18)10-6-2-3-7-11(10)14(17)19/h2-9H,1H3. The number of benzene rings is 1. The van der Waals surface area contributed by atoms with E-state index in [4.69, 9.17) is 0 Å². The van der Waals surface area contributed by atoms with Crippen molar-refractivity contribution in [2.45, 2.75) is 0 Å². The summed E-state index contributed by atoms with van der Waals surface area (Å²) in [6.45, 7) is 0. The third-order valence-electron chi connectivity index (χ3n) is 3.05. The molecule has 2 aromatic rings. The maximum atomic E-state index is 12.3. The summed E-state index contributed by atoms with van der Waals surface area (Å²) in [4.78, 5) is 28.6. The highest BCUT2D eigenvalue weighted by Crippen LogP contribution is 2.25. The lowest BCUT2D eigenvalue weighted by molar-refractivity contribution is 0.0643. The van der Waals surface area contributed by atoms with Crippen LogP contribution in [0.3, 0.4) is 0 Å². The SMILES string of the molecule is CN(c1ccccn1)N1C(=O)c2ccccc2C1=O. The van der Waals surface area contributed by atoms with Crippen LogP contribution in [-0.2, 0) is 0 Å². The fourth-order valence-corrected chi connectivity index (χ4v) is 2.10. The number of hydrogen-bond donors (Lipinski definition) is 0. The van der Waals surface area contributed by atoms with Crippen molar-refractivity contribution >= 4 is 17.6 Å². The molecule has 1 aliphatic heterocycles. The number of carbonyl (C=O) groups excluding carboxylic acids is 2. The number of imide groups is 1. The number of fused-ring (bicyclic) bond motifs is 1. The van der Waals surface area contributed by atoms with Gasteiger partial charge in [0.15, 0.2) is 0 Å². The minimum atomic E-state index is -0.325. The first-order chi connectivity index (χ1) is 9.20. The normalized spacial score (nSPS) is 13.6. The van der Waals surface area contributed by atoms with E-state index in [-0.39, 0.29) is 11.8 Å². The minimum absolute atomic E-state index is 0.325. The molecule has 19 heavy (non-hydrogen) atoms. The van der Waals surface area contributed by atoms with Crippen LogP contribution < -0.4 is 5.01 Å². The number of nitrogens with zero attached hydrogens (tertiary/aromatic N) is 3. The Morgan fingerprint density at radius 3 is 2.05 bits per heavy atom. The summed E-state index contributed by atoms with van der Waals surface area (Å²) < 4.78 is 0. The second kappa shape index (κ2) is 4.20. The summed E-state index contributed by atoms with van der Waals surface area (Å²) in [5, 5.41) is 2.57. The predicted molar refractivity (Wildman–Crippen MR) is 69.6 cm³/mol. The van der Waals surface area contributed by atoms with Gasteiger partial charge in [-0.3, -0.25) is 14.6 Å². The van der Waals surface area contributed by atoms with Gasteiger partial charge in [0.25, 0.3) is 11.8 Å². The van der Waals surface area contributed by atoms with Crippen molar-refractivity contribution in [1.82, 2.24) is 9.99 Å². The highest BCUT2D eigenvalue weighted by molar-refractivity contribution is 6.22. The highest BCUT2D eigenvalue weighted by atomic mass is 16.2. The number of rotatable bonds is 2. The molecule has 2 heterocycles. The molecule has 1 aliphatic rings. The Bertz CT molecular complexity index is 620. The van der Waals surface area contributed by atoms with Crippen LogP contribution in [0.4, 0.5) is 5.82 Å². The van der Waals surface area contributed by atoms with Crippen LogP contribution in [0, 0.1) is 0 Å². The predicted octanol–water partition coefficient (Wildman–Crippen LogP) is 1.73. The molecule has 5 nitrogen and oxygen atoms in total. The monoisotopic (exact) mass is 253 g/mol. The molecule has 0 radical (unpaired) electrons. The van der Waals surface area contributed by atoms with Gasteiger partial charge in [0.05, 0.1) is 11.1 Å². The largest absolute Gasteiger partial charge is 0.280 e. The molecule has 3 rings (SSSR count). The summed E-state index contributed by atoms with van der Waals surface area (Å²) in [7, 11) is 1.64. The van der Waals surface area contributed by atoms with Crippen molar-refractivity contribution in [2.24, 2.45) is 0 Å². The summed E-state index contributed by atoms with van der Waals surface area (Å²) >= 11 is 0. The first kappa shape index (κ1) is 11.4. The fourth-order valence-electron chi connectivity index (χ4n) is 2.10. The van der Waals surface area contributed by atoms with E-state index in [1.54, 1.807) is 55.7 Å². The van der Waals surface area contributed by atoms with E-state index in [1.165, 1.54) is 5.01 Å². The molecule has 1 aromatic heterocycles. The second-order valence-electron chi connectivity index (χ2n) is 4.18. The van der Waals surface area contributed by atoms with Gasteiger partial charge in [-0.2, -0.15) is 5.01 Å².